The molecule has 0 bridgehead atoms. The van der Waals surface area contributed by atoms with Crippen LogP contribution in [-0.2, 0) is 14.4 Å². The lowest BCUT2D eigenvalue weighted by Crippen LogP contribution is -2.45. The molecule has 1 heterocycles. The minimum absolute atomic E-state index is 0.0424. The van der Waals surface area contributed by atoms with E-state index in [1.807, 2.05) is 6.07 Å². The fourth-order valence-corrected chi connectivity index (χ4v) is 3.26. The van der Waals surface area contributed by atoms with Crippen LogP contribution in [0.2, 0.25) is 0 Å². The Hall–Kier alpha value is -2.19. The Kier molecular flexibility index (Phi) is 4.94. The van der Waals surface area contributed by atoms with Crippen LogP contribution >= 0.6 is 24.0 Å². The smallest absolute Gasteiger partial charge is 0.327 e. The van der Waals surface area contributed by atoms with Gasteiger partial charge in [0.05, 0.1) is 11.3 Å². The minimum Gasteiger partial charge on any atom is -0.481 e. The summed E-state index contributed by atoms with van der Waals surface area (Å²) < 4.78 is 0.0424. The maximum Gasteiger partial charge on any atom is 0.327 e. The number of benzene rings is 1. The van der Waals surface area contributed by atoms with Gasteiger partial charge < -0.3 is 10.2 Å². The molecule has 6 nitrogen and oxygen atoms in total. The Morgan fingerprint density at radius 3 is 2.45 bits per heavy atom. The molecule has 1 saturated heterocycles. The monoisotopic (exact) mass is 337 g/mol. The van der Waals surface area contributed by atoms with E-state index in [0.717, 1.165) is 22.2 Å². The van der Waals surface area contributed by atoms with Crippen molar-refractivity contribution in [3.05, 3.63) is 40.8 Å². The lowest BCUT2D eigenvalue weighted by molar-refractivity contribution is -0.150. The Morgan fingerprint density at radius 2 is 1.91 bits per heavy atom. The van der Waals surface area contributed by atoms with Crippen molar-refractivity contribution in [1.82, 2.24) is 4.90 Å². The van der Waals surface area contributed by atoms with E-state index in [0.29, 0.717) is 0 Å². The summed E-state index contributed by atoms with van der Waals surface area (Å²) in [6.07, 6.45) is 0.888. The number of nitrogens with zero attached hydrogens (tertiary/aromatic N) is 1. The lowest BCUT2D eigenvalue weighted by atomic mass is 10.1. The fraction of sp³-hybridized carbons (Fsp3) is 0.143. The van der Waals surface area contributed by atoms with Crippen LogP contribution in [0.5, 0.6) is 0 Å². The van der Waals surface area contributed by atoms with Crippen LogP contribution < -0.4 is 0 Å². The van der Waals surface area contributed by atoms with E-state index >= 15 is 0 Å². The van der Waals surface area contributed by atoms with Crippen LogP contribution in [0.1, 0.15) is 12.0 Å². The maximum absolute atomic E-state index is 12.3. The van der Waals surface area contributed by atoms with Crippen LogP contribution in [0.4, 0.5) is 0 Å². The quantitative estimate of drug-likeness (QED) is 0.625. The predicted molar refractivity (Wildman–Crippen MR) is 85.1 cm³/mol. The van der Waals surface area contributed by atoms with Gasteiger partial charge in [-0.05, 0) is 11.6 Å². The normalized spacial score (nSPS) is 17.8. The van der Waals surface area contributed by atoms with Gasteiger partial charge in [-0.25, -0.2) is 4.79 Å². The molecule has 114 valence electrons. The van der Waals surface area contributed by atoms with Gasteiger partial charge in [0.15, 0.2) is 0 Å². The second-order valence-electron chi connectivity index (χ2n) is 4.41. The van der Waals surface area contributed by atoms with Gasteiger partial charge in [0.2, 0.25) is 0 Å². The number of thioether (sulfide) groups is 1. The molecule has 1 amide bonds. The van der Waals surface area contributed by atoms with Gasteiger partial charge in [-0.15, -0.1) is 0 Å². The van der Waals surface area contributed by atoms with Gasteiger partial charge >= 0.3 is 11.9 Å². The summed E-state index contributed by atoms with van der Waals surface area (Å²) in [6, 6.07) is 7.51. The fourth-order valence-electron chi connectivity index (χ4n) is 1.90. The highest BCUT2D eigenvalue weighted by molar-refractivity contribution is 8.26. The van der Waals surface area contributed by atoms with Crippen LogP contribution in [0.3, 0.4) is 0 Å². The zero-order valence-corrected chi connectivity index (χ0v) is 12.8. The average Bonchev–Trinajstić information content (AvgIpc) is 2.72. The highest BCUT2D eigenvalue weighted by atomic mass is 32.2. The van der Waals surface area contributed by atoms with Crippen molar-refractivity contribution in [2.24, 2.45) is 0 Å². The third-order valence-electron chi connectivity index (χ3n) is 2.89. The van der Waals surface area contributed by atoms with E-state index in [1.165, 1.54) is 0 Å². The summed E-state index contributed by atoms with van der Waals surface area (Å²) in [7, 11) is 0. The molecule has 1 fully saturated rings. The van der Waals surface area contributed by atoms with Crippen molar-refractivity contribution >= 4 is 52.2 Å². The molecule has 0 aromatic heterocycles. The van der Waals surface area contributed by atoms with Crippen LogP contribution in [-0.4, -0.2) is 43.3 Å². The molecule has 2 N–H and O–H groups in total. The largest absolute Gasteiger partial charge is 0.481 e. The number of rotatable bonds is 5. The molecule has 1 aromatic rings. The zero-order chi connectivity index (χ0) is 16.3. The van der Waals surface area contributed by atoms with E-state index in [4.69, 9.17) is 22.4 Å². The first-order chi connectivity index (χ1) is 10.4. The number of carbonyl (C=O) groups excluding carboxylic acids is 1. The number of carboxylic acid groups (broad SMARTS) is 2. The third-order valence-corrected chi connectivity index (χ3v) is 4.22. The molecule has 2 rings (SSSR count). The molecule has 1 aliphatic heterocycles. The zero-order valence-electron chi connectivity index (χ0n) is 11.1. The maximum atomic E-state index is 12.3. The van der Waals surface area contributed by atoms with E-state index in [2.05, 4.69) is 0 Å². The summed E-state index contributed by atoms with van der Waals surface area (Å²) in [5.41, 5.74) is 0.771. The number of amides is 1. The lowest BCUT2D eigenvalue weighted by Gasteiger charge is -2.21. The first-order valence-electron chi connectivity index (χ1n) is 6.17. The van der Waals surface area contributed by atoms with Crippen molar-refractivity contribution in [2.75, 3.05) is 0 Å². The highest BCUT2D eigenvalue weighted by Gasteiger charge is 2.41. The number of carboxylic acids is 2. The number of aliphatic carboxylic acids is 2. The molecule has 22 heavy (non-hydrogen) atoms. The summed E-state index contributed by atoms with van der Waals surface area (Å²) in [4.78, 5) is 35.5. The van der Waals surface area contributed by atoms with Gasteiger partial charge in [-0.1, -0.05) is 54.3 Å². The molecule has 0 saturated carbocycles. The molecular formula is C14H11NO5S2. The number of thiocarbonyl (C=S) groups is 1. The van der Waals surface area contributed by atoms with Crippen molar-refractivity contribution in [2.45, 2.75) is 12.5 Å². The van der Waals surface area contributed by atoms with E-state index in [9.17, 15) is 14.4 Å². The number of hydrogen-bond donors (Lipinski definition) is 2. The molecule has 0 unspecified atom stereocenters. The van der Waals surface area contributed by atoms with Gasteiger partial charge in [-0.2, -0.15) is 0 Å². The summed E-state index contributed by atoms with van der Waals surface area (Å²) in [5.74, 6) is -3.30. The van der Waals surface area contributed by atoms with Gasteiger partial charge in [0.25, 0.3) is 5.91 Å². The third kappa shape index (κ3) is 3.52. The van der Waals surface area contributed by atoms with Crippen molar-refractivity contribution in [3.8, 4) is 0 Å². The van der Waals surface area contributed by atoms with Crippen LogP contribution in [0, 0.1) is 0 Å². The highest BCUT2D eigenvalue weighted by Crippen LogP contribution is 2.34. The second kappa shape index (κ2) is 6.71. The minimum atomic E-state index is -1.51. The molecule has 8 heteroatoms. The molecular weight excluding hydrogens is 326 g/mol. The van der Waals surface area contributed by atoms with E-state index in [1.54, 1.807) is 30.3 Å². The van der Waals surface area contributed by atoms with E-state index in [-0.39, 0.29) is 9.23 Å². The first-order valence-corrected chi connectivity index (χ1v) is 7.39. The Labute approximate surface area is 135 Å². The summed E-state index contributed by atoms with van der Waals surface area (Å²) >= 11 is 5.99. The van der Waals surface area contributed by atoms with Crippen molar-refractivity contribution in [1.29, 1.82) is 0 Å². The molecule has 0 radical (unpaired) electrons. The molecule has 0 aliphatic carbocycles. The SMILES string of the molecule is O=C(O)C[C@@H](C(=O)O)N1C(=O)/C(=C\c2ccccc2)SC1=S. The van der Waals surface area contributed by atoms with Gasteiger partial charge in [-0.3, -0.25) is 14.5 Å². The molecule has 0 spiro atoms. The predicted octanol–water partition coefficient (Wildman–Crippen LogP) is 1.82. The van der Waals surface area contributed by atoms with Gasteiger partial charge in [0, 0.05) is 0 Å². The summed E-state index contributed by atoms with van der Waals surface area (Å²) in [5, 5.41) is 17.9. The Morgan fingerprint density at radius 1 is 1.27 bits per heavy atom. The molecule has 1 aliphatic rings. The van der Waals surface area contributed by atoms with Gasteiger partial charge in [0.1, 0.15) is 10.4 Å². The van der Waals surface area contributed by atoms with Crippen molar-refractivity contribution in [3.63, 3.8) is 0 Å². The van der Waals surface area contributed by atoms with Crippen LogP contribution in [0.15, 0.2) is 35.2 Å². The van der Waals surface area contributed by atoms with Crippen LogP contribution in [0.25, 0.3) is 6.08 Å². The number of hydrogen-bond acceptors (Lipinski definition) is 5. The van der Waals surface area contributed by atoms with E-state index < -0.39 is 30.3 Å². The molecule has 1 aromatic carbocycles. The standard InChI is InChI=1S/C14H11NO5S2/c16-11(17)7-9(13(19)20)15-12(18)10(22-14(15)21)6-8-4-2-1-3-5-8/h1-6,9H,7H2,(H,16,17)(H,19,20)/b10-6+/t9-/m0/s1. The average molecular weight is 337 g/mol. The van der Waals surface area contributed by atoms with Crippen molar-refractivity contribution < 1.29 is 24.6 Å². The topological polar surface area (TPSA) is 94.9 Å². The molecule has 1 atom stereocenters. The Balaban J connectivity index is 2.30. The second-order valence-corrected chi connectivity index (χ2v) is 6.09. The summed E-state index contributed by atoms with van der Waals surface area (Å²) in [6.45, 7) is 0. The first kappa shape index (κ1) is 16.2. The number of carbonyl (C=O) groups is 3. The Bertz CT molecular complexity index is 671.